The summed E-state index contributed by atoms with van der Waals surface area (Å²) < 4.78 is 6.67. The molecule has 0 spiro atoms. The van der Waals surface area contributed by atoms with Gasteiger partial charge in [0.1, 0.15) is 0 Å². The molecule has 2 unspecified atom stereocenters. The summed E-state index contributed by atoms with van der Waals surface area (Å²) in [5.74, 6) is -0.472. The van der Waals surface area contributed by atoms with Gasteiger partial charge in [0.15, 0.2) is 5.60 Å². The molecule has 0 aromatic heterocycles. The number of amides is 1. The summed E-state index contributed by atoms with van der Waals surface area (Å²) in [4.78, 5) is 25.0. The fourth-order valence-electron chi connectivity index (χ4n) is 3.51. The van der Waals surface area contributed by atoms with Gasteiger partial charge >= 0.3 is 5.97 Å². The number of esters is 1. The predicted octanol–water partition coefficient (Wildman–Crippen LogP) is 3.35. The number of rotatable bonds is 2. The zero-order valence-electron chi connectivity index (χ0n) is 12.3. The first-order valence-electron chi connectivity index (χ1n) is 7.03. The molecule has 1 aliphatic carbocycles. The summed E-state index contributed by atoms with van der Waals surface area (Å²) in [5.41, 5.74) is -1.41. The summed E-state index contributed by atoms with van der Waals surface area (Å²) in [7, 11) is 0. The van der Waals surface area contributed by atoms with Crippen LogP contribution in [-0.2, 0) is 14.3 Å². The Labute approximate surface area is 137 Å². The number of carbonyl (C=O) groups is 2. The normalized spacial score (nSPS) is 32.9. The van der Waals surface area contributed by atoms with Crippen LogP contribution in [0.2, 0.25) is 0 Å². The Hall–Kier alpha value is -1.11. The molecule has 2 bridgehead atoms. The van der Waals surface area contributed by atoms with E-state index >= 15 is 0 Å². The molecule has 1 N–H and O–H groups in total. The van der Waals surface area contributed by atoms with E-state index in [4.69, 9.17) is 4.74 Å². The maximum Gasteiger partial charge on any atom is 0.313 e. The van der Waals surface area contributed by atoms with E-state index in [0.29, 0.717) is 12.8 Å². The van der Waals surface area contributed by atoms with Crippen LogP contribution in [0.15, 0.2) is 24.3 Å². The van der Waals surface area contributed by atoms with Gasteiger partial charge in [0, 0.05) is 14.7 Å². The average molecular weight is 399 g/mol. The van der Waals surface area contributed by atoms with Crippen molar-refractivity contribution < 1.29 is 14.3 Å². The molecular weight excluding hydrogens is 381 g/mol. The molecule has 1 aromatic rings. The van der Waals surface area contributed by atoms with Crippen LogP contribution in [0.1, 0.15) is 33.6 Å². The summed E-state index contributed by atoms with van der Waals surface area (Å²) >= 11 is 2.21. The van der Waals surface area contributed by atoms with Gasteiger partial charge in [-0.25, -0.2) is 0 Å². The fourth-order valence-corrected chi connectivity index (χ4v) is 3.87. The SMILES string of the molecule is CC12CCC(C(=O)Nc3ccc(I)cc3)(OC1=O)C2(C)C. The lowest BCUT2D eigenvalue weighted by atomic mass is 9.66. The summed E-state index contributed by atoms with van der Waals surface area (Å²) in [6.07, 6.45) is 1.28. The van der Waals surface area contributed by atoms with Crippen molar-refractivity contribution in [3.05, 3.63) is 27.8 Å². The molecule has 4 nitrogen and oxygen atoms in total. The molecule has 2 atom stereocenters. The molecule has 21 heavy (non-hydrogen) atoms. The van der Waals surface area contributed by atoms with Gasteiger partial charge in [-0.3, -0.25) is 9.59 Å². The highest BCUT2D eigenvalue weighted by atomic mass is 127. The van der Waals surface area contributed by atoms with Crippen LogP contribution in [0.4, 0.5) is 5.69 Å². The van der Waals surface area contributed by atoms with Crippen LogP contribution in [0.25, 0.3) is 0 Å². The van der Waals surface area contributed by atoms with E-state index in [1.807, 2.05) is 45.0 Å². The quantitative estimate of drug-likeness (QED) is 0.613. The van der Waals surface area contributed by atoms with E-state index in [0.717, 1.165) is 9.26 Å². The zero-order chi connectivity index (χ0) is 15.5. The first kappa shape index (κ1) is 14.8. The largest absolute Gasteiger partial charge is 0.448 e. The van der Waals surface area contributed by atoms with Gasteiger partial charge in [-0.15, -0.1) is 0 Å². The number of hydrogen-bond donors (Lipinski definition) is 1. The summed E-state index contributed by atoms with van der Waals surface area (Å²) in [6.45, 7) is 5.82. The average Bonchev–Trinajstić information content (AvgIpc) is 2.72. The van der Waals surface area contributed by atoms with Crippen molar-refractivity contribution in [2.24, 2.45) is 10.8 Å². The molecule has 2 fully saturated rings. The molecule has 1 aromatic carbocycles. The Morgan fingerprint density at radius 1 is 1.19 bits per heavy atom. The van der Waals surface area contributed by atoms with E-state index in [-0.39, 0.29) is 11.9 Å². The number of halogens is 1. The number of nitrogens with one attached hydrogen (secondary N) is 1. The van der Waals surface area contributed by atoms with Gasteiger partial charge < -0.3 is 10.1 Å². The van der Waals surface area contributed by atoms with Crippen LogP contribution < -0.4 is 5.32 Å². The van der Waals surface area contributed by atoms with Crippen molar-refractivity contribution >= 4 is 40.2 Å². The Balaban J connectivity index is 1.91. The second kappa shape index (κ2) is 4.44. The summed E-state index contributed by atoms with van der Waals surface area (Å²) in [5, 5.41) is 2.90. The lowest BCUT2D eigenvalue weighted by molar-refractivity contribution is -0.165. The van der Waals surface area contributed by atoms with Gasteiger partial charge in [-0.05, 0) is 66.6 Å². The fraction of sp³-hybridized carbons (Fsp3) is 0.500. The lowest BCUT2D eigenvalue weighted by Crippen LogP contribution is -2.50. The molecule has 0 radical (unpaired) electrons. The van der Waals surface area contributed by atoms with Gasteiger partial charge in [0.2, 0.25) is 0 Å². The van der Waals surface area contributed by atoms with Crippen molar-refractivity contribution in [3.8, 4) is 0 Å². The van der Waals surface area contributed by atoms with Crippen molar-refractivity contribution in [1.29, 1.82) is 0 Å². The highest BCUT2D eigenvalue weighted by Gasteiger charge is 2.75. The first-order valence-corrected chi connectivity index (χ1v) is 8.11. The van der Waals surface area contributed by atoms with Crippen molar-refractivity contribution in [2.75, 3.05) is 5.32 Å². The van der Waals surface area contributed by atoms with E-state index in [9.17, 15) is 9.59 Å². The Bertz CT molecular complexity index is 625. The van der Waals surface area contributed by atoms with Crippen LogP contribution in [0.5, 0.6) is 0 Å². The predicted molar refractivity (Wildman–Crippen MR) is 87.7 cm³/mol. The minimum absolute atomic E-state index is 0.219. The molecule has 5 heteroatoms. The number of hydrogen-bond acceptors (Lipinski definition) is 3. The third kappa shape index (κ3) is 1.79. The highest BCUT2D eigenvalue weighted by molar-refractivity contribution is 14.1. The maximum absolute atomic E-state index is 12.8. The molecule has 1 amide bonds. The third-order valence-electron chi connectivity index (χ3n) is 5.55. The Kier molecular flexibility index (Phi) is 3.13. The van der Waals surface area contributed by atoms with E-state index in [1.54, 1.807) is 0 Å². The molecule has 112 valence electrons. The van der Waals surface area contributed by atoms with Gasteiger partial charge in [0.05, 0.1) is 5.41 Å². The molecule has 2 aliphatic rings. The molecule has 1 heterocycles. The summed E-state index contributed by atoms with van der Waals surface area (Å²) in [6, 6.07) is 7.57. The number of fused-ring (bicyclic) bond motifs is 2. The molecule has 1 saturated carbocycles. The minimum Gasteiger partial charge on any atom is -0.448 e. The highest BCUT2D eigenvalue weighted by Crippen LogP contribution is 2.65. The molecular formula is C16H18INO3. The number of carbonyl (C=O) groups excluding carboxylic acids is 2. The standard InChI is InChI=1S/C16H18INO3/c1-14(2)15(3)8-9-16(14,21-13(15)20)12(19)18-11-6-4-10(17)5-7-11/h4-7H,8-9H2,1-3H3,(H,18,19). The molecule has 1 saturated heterocycles. The monoisotopic (exact) mass is 399 g/mol. The third-order valence-corrected chi connectivity index (χ3v) is 6.27. The number of anilines is 1. The lowest BCUT2D eigenvalue weighted by Gasteiger charge is -2.35. The second-order valence-corrected chi connectivity index (χ2v) is 7.88. The van der Waals surface area contributed by atoms with Crippen molar-refractivity contribution in [3.63, 3.8) is 0 Å². The van der Waals surface area contributed by atoms with Gasteiger partial charge in [-0.1, -0.05) is 13.8 Å². The van der Waals surface area contributed by atoms with E-state index in [2.05, 4.69) is 27.9 Å². The number of ether oxygens (including phenoxy) is 1. The van der Waals surface area contributed by atoms with Crippen LogP contribution in [0.3, 0.4) is 0 Å². The van der Waals surface area contributed by atoms with Crippen molar-refractivity contribution in [1.82, 2.24) is 0 Å². The van der Waals surface area contributed by atoms with E-state index < -0.39 is 16.4 Å². The Morgan fingerprint density at radius 3 is 2.29 bits per heavy atom. The molecule has 1 aliphatic heterocycles. The van der Waals surface area contributed by atoms with Crippen LogP contribution in [0, 0.1) is 14.4 Å². The van der Waals surface area contributed by atoms with Crippen LogP contribution in [-0.4, -0.2) is 17.5 Å². The zero-order valence-corrected chi connectivity index (χ0v) is 14.5. The number of benzene rings is 1. The smallest absolute Gasteiger partial charge is 0.313 e. The van der Waals surface area contributed by atoms with Gasteiger partial charge in [-0.2, -0.15) is 0 Å². The minimum atomic E-state index is -1.05. The topological polar surface area (TPSA) is 55.4 Å². The second-order valence-electron chi connectivity index (χ2n) is 6.63. The first-order chi connectivity index (χ1) is 9.73. The molecule has 3 rings (SSSR count). The maximum atomic E-state index is 12.8. The van der Waals surface area contributed by atoms with Gasteiger partial charge in [0.25, 0.3) is 5.91 Å². The van der Waals surface area contributed by atoms with E-state index in [1.165, 1.54) is 0 Å². The van der Waals surface area contributed by atoms with Crippen molar-refractivity contribution in [2.45, 2.75) is 39.2 Å². The van der Waals surface area contributed by atoms with Crippen LogP contribution >= 0.6 is 22.6 Å². The Morgan fingerprint density at radius 2 is 1.81 bits per heavy atom.